The normalized spacial score (nSPS) is 14.5. The van der Waals surface area contributed by atoms with Gasteiger partial charge in [-0.15, -0.1) is 0 Å². The van der Waals surface area contributed by atoms with Crippen molar-refractivity contribution in [1.82, 2.24) is 9.03 Å². The zero-order valence-corrected chi connectivity index (χ0v) is 11.2. The highest BCUT2D eigenvalue weighted by molar-refractivity contribution is 7.87. The van der Waals surface area contributed by atoms with Gasteiger partial charge in [-0.25, -0.2) is 0 Å². The van der Waals surface area contributed by atoms with Crippen molar-refractivity contribution in [2.24, 2.45) is 11.7 Å². The molecular weight excluding hydrogens is 234 g/mol. The predicted molar refractivity (Wildman–Crippen MR) is 65.8 cm³/mol. The van der Waals surface area contributed by atoms with E-state index in [0.29, 0.717) is 4.99 Å². The molecule has 5 nitrogen and oxygen atoms in total. The van der Waals surface area contributed by atoms with Gasteiger partial charge < -0.3 is 5.73 Å². The molecule has 0 aliphatic carbocycles. The molecule has 0 aromatic heterocycles. The van der Waals surface area contributed by atoms with Gasteiger partial charge in [0.1, 0.15) is 0 Å². The van der Waals surface area contributed by atoms with E-state index in [1.807, 2.05) is 0 Å². The second kappa shape index (κ2) is 5.74. The zero-order valence-electron chi connectivity index (χ0n) is 9.52. The molecular formula is C8H19N3O2S2. The van der Waals surface area contributed by atoms with Crippen molar-refractivity contribution in [3.63, 3.8) is 0 Å². The molecule has 0 spiro atoms. The molecule has 1 unspecified atom stereocenters. The molecule has 15 heavy (non-hydrogen) atoms. The van der Waals surface area contributed by atoms with Crippen molar-refractivity contribution in [3.8, 4) is 0 Å². The number of nitrogens with two attached hydrogens (primary N) is 1. The Morgan fingerprint density at radius 1 is 1.47 bits per heavy atom. The van der Waals surface area contributed by atoms with E-state index in [-0.39, 0.29) is 18.5 Å². The first kappa shape index (κ1) is 14.8. The van der Waals surface area contributed by atoms with Crippen LogP contribution in [-0.4, -0.2) is 37.3 Å². The van der Waals surface area contributed by atoms with Crippen LogP contribution in [0.5, 0.6) is 0 Å². The molecule has 90 valence electrons. The second-order valence-electron chi connectivity index (χ2n) is 3.86. The van der Waals surface area contributed by atoms with E-state index in [0.717, 1.165) is 0 Å². The van der Waals surface area contributed by atoms with Crippen LogP contribution >= 0.6 is 12.2 Å². The summed E-state index contributed by atoms with van der Waals surface area (Å²) >= 11 is 4.78. The van der Waals surface area contributed by atoms with Crippen LogP contribution in [0.4, 0.5) is 0 Å². The summed E-state index contributed by atoms with van der Waals surface area (Å²) in [4.78, 5) is 0.321. The van der Waals surface area contributed by atoms with Crippen LogP contribution in [0.25, 0.3) is 0 Å². The Hall–Kier alpha value is -0.240. The average molecular weight is 253 g/mol. The quantitative estimate of drug-likeness (QED) is 0.658. The Balaban J connectivity index is 4.44. The summed E-state index contributed by atoms with van der Waals surface area (Å²) in [6, 6.07) is -0.127. The maximum absolute atomic E-state index is 11.6. The fraction of sp³-hybridized carbons (Fsp3) is 0.875. The topological polar surface area (TPSA) is 75.4 Å². The molecule has 0 aliphatic rings. The molecule has 0 saturated heterocycles. The molecule has 0 fully saturated rings. The first-order valence-electron chi connectivity index (χ1n) is 4.69. The highest BCUT2D eigenvalue weighted by Gasteiger charge is 2.21. The van der Waals surface area contributed by atoms with Gasteiger partial charge in [0, 0.05) is 25.6 Å². The van der Waals surface area contributed by atoms with Crippen molar-refractivity contribution in [1.29, 1.82) is 0 Å². The molecule has 0 bridgehead atoms. The number of hydrogen-bond donors (Lipinski definition) is 2. The molecule has 0 saturated carbocycles. The molecule has 3 N–H and O–H groups in total. The van der Waals surface area contributed by atoms with Crippen LogP contribution in [0.3, 0.4) is 0 Å². The van der Waals surface area contributed by atoms with Gasteiger partial charge in [-0.05, 0) is 13.8 Å². The van der Waals surface area contributed by atoms with Gasteiger partial charge in [-0.2, -0.15) is 17.4 Å². The van der Waals surface area contributed by atoms with Crippen molar-refractivity contribution in [3.05, 3.63) is 0 Å². The third-order valence-electron chi connectivity index (χ3n) is 1.81. The number of rotatable bonds is 6. The summed E-state index contributed by atoms with van der Waals surface area (Å²) in [5.41, 5.74) is 5.42. The maximum Gasteiger partial charge on any atom is 0.279 e. The van der Waals surface area contributed by atoms with E-state index in [1.165, 1.54) is 11.4 Å². The lowest BCUT2D eigenvalue weighted by atomic mass is 10.2. The Bertz CT molecular complexity index is 314. The highest BCUT2D eigenvalue weighted by atomic mass is 32.2. The van der Waals surface area contributed by atoms with Gasteiger partial charge in [0.25, 0.3) is 10.2 Å². The van der Waals surface area contributed by atoms with E-state index in [4.69, 9.17) is 18.0 Å². The largest absolute Gasteiger partial charge is 0.393 e. The molecule has 0 aromatic carbocycles. The van der Waals surface area contributed by atoms with E-state index in [9.17, 15) is 8.42 Å². The summed E-state index contributed by atoms with van der Waals surface area (Å²) in [7, 11) is -1.92. The Kier molecular flexibility index (Phi) is 5.65. The Labute approximate surface area is 97.2 Å². The molecule has 1 atom stereocenters. The minimum atomic E-state index is -3.42. The summed E-state index contributed by atoms with van der Waals surface area (Å²) in [6.07, 6.45) is 0. The van der Waals surface area contributed by atoms with E-state index < -0.39 is 10.2 Å². The summed E-state index contributed by atoms with van der Waals surface area (Å²) in [5.74, 6) is -0.131. The van der Waals surface area contributed by atoms with Gasteiger partial charge in [0.05, 0.1) is 4.99 Å². The molecule has 0 aliphatic heterocycles. The van der Waals surface area contributed by atoms with E-state index in [2.05, 4.69) is 4.72 Å². The third kappa shape index (κ3) is 5.41. The maximum atomic E-state index is 11.6. The summed E-state index contributed by atoms with van der Waals surface area (Å²) < 4.78 is 27.0. The fourth-order valence-electron chi connectivity index (χ4n) is 0.962. The second-order valence-corrected chi connectivity index (χ2v) is 6.14. The van der Waals surface area contributed by atoms with Crippen molar-refractivity contribution < 1.29 is 8.42 Å². The number of nitrogens with one attached hydrogen (secondary N) is 1. The summed E-state index contributed by atoms with van der Waals surface area (Å²) in [5, 5.41) is 0. The number of thiocarbonyl (C=S) groups is 1. The molecule has 0 radical (unpaired) electrons. The number of hydrogen-bond acceptors (Lipinski definition) is 3. The van der Waals surface area contributed by atoms with Gasteiger partial charge in [0.2, 0.25) is 0 Å². The SMILES string of the molecule is CC(C)NS(=O)(=O)N(C)CC(C)C(N)=S. The monoisotopic (exact) mass is 253 g/mol. The number of nitrogens with zero attached hydrogens (tertiary/aromatic N) is 1. The standard InChI is InChI=1S/C8H19N3O2S2/c1-6(2)10-15(12,13)11(4)5-7(3)8(9)14/h6-7,10H,5H2,1-4H3,(H2,9,14). The van der Waals surface area contributed by atoms with Crippen LogP contribution in [0.1, 0.15) is 20.8 Å². The van der Waals surface area contributed by atoms with E-state index >= 15 is 0 Å². The van der Waals surface area contributed by atoms with Gasteiger partial charge in [-0.1, -0.05) is 19.1 Å². The molecule has 0 aromatic rings. The van der Waals surface area contributed by atoms with E-state index in [1.54, 1.807) is 20.8 Å². The van der Waals surface area contributed by atoms with Crippen LogP contribution in [0, 0.1) is 5.92 Å². The average Bonchev–Trinajstić information content (AvgIpc) is 2.01. The smallest absolute Gasteiger partial charge is 0.279 e. The third-order valence-corrected chi connectivity index (χ3v) is 3.95. The van der Waals surface area contributed by atoms with Crippen molar-refractivity contribution in [2.45, 2.75) is 26.8 Å². The van der Waals surface area contributed by atoms with Crippen molar-refractivity contribution >= 4 is 27.4 Å². The highest BCUT2D eigenvalue weighted by Crippen LogP contribution is 2.03. The lowest BCUT2D eigenvalue weighted by Crippen LogP contribution is -2.44. The first-order chi connectivity index (χ1) is 6.66. The van der Waals surface area contributed by atoms with Crippen molar-refractivity contribution in [2.75, 3.05) is 13.6 Å². The first-order valence-corrected chi connectivity index (χ1v) is 6.54. The minimum absolute atomic E-state index is 0.127. The fourth-order valence-corrected chi connectivity index (χ4v) is 2.23. The minimum Gasteiger partial charge on any atom is -0.393 e. The Morgan fingerprint density at radius 2 is 1.93 bits per heavy atom. The van der Waals surface area contributed by atoms with Gasteiger partial charge >= 0.3 is 0 Å². The predicted octanol–water partition coefficient (Wildman–Crippen LogP) is 0.0832. The van der Waals surface area contributed by atoms with Gasteiger partial charge in [-0.3, -0.25) is 0 Å². The molecule has 0 heterocycles. The molecule has 0 amide bonds. The van der Waals surface area contributed by atoms with Gasteiger partial charge in [0.15, 0.2) is 0 Å². The molecule has 0 rings (SSSR count). The van der Waals surface area contributed by atoms with Crippen LogP contribution < -0.4 is 10.5 Å². The summed E-state index contributed by atoms with van der Waals surface area (Å²) in [6.45, 7) is 5.62. The Morgan fingerprint density at radius 3 is 2.27 bits per heavy atom. The van der Waals surface area contributed by atoms with Crippen LogP contribution in [-0.2, 0) is 10.2 Å². The zero-order chi connectivity index (χ0) is 12.2. The lowest BCUT2D eigenvalue weighted by molar-refractivity contribution is 0.431. The van der Waals surface area contributed by atoms with Crippen LogP contribution in [0.15, 0.2) is 0 Å². The lowest BCUT2D eigenvalue weighted by Gasteiger charge is -2.22. The molecule has 7 heteroatoms. The van der Waals surface area contributed by atoms with Crippen LogP contribution in [0.2, 0.25) is 0 Å².